The van der Waals surface area contributed by atoms with Gasteiger partial charge in [0.1, 0.15) is 11.5 Å². The van der Waals surface area contributed by atoms with E-state index >= 15 is 0 Å². The van der Waals surface area contributed by atoms with Gasteiger partial charge in [0.2, 0.25) is 0 Å². The van der Waals surface area contributed by atoms with E-state index in [2.05, 4.69) is 6.07 Å². The molecule has 0 aliphatic carbocycles. The number of nitriles is 1. The van der Waals surface area contributed by atoms with Crippen molar-refractivity contribution < 1.29 is 9.53 Å². The van der Waals surface area contributed by atoms with Gasteiger partial charge < -0.3 is 9.53 Å². The SMILES string of the molecule is COc1ccc(C(CC#N)CC(C)=O)cc1. The molecule has 0 saturated carbocycles. The molecule has 3 nitrogen and oxygen atoms in total. The van der Waals surface area contributed by atoms with E-state index < -0.39 is 0 Å². The van der Waals surface area contributed by atoms with Crippen molar-refractivity contribution in [3.63, 3.8) is 0 Å². The lowest BCUT2D eigenvalue weighted by molar-refractivity contribution is -0.117. The maximum atomic E-state index is 11.1. The van der Waals surface area contributed by atoms with Crippen molar-refractivity contribution in [2.24, 2.45) is 0 Å². The van der Waals surface area contributed by atoms with Gasteiger partial charge in [0.05, 0.1) is 13.2 Å². The van der Waals surface area contributed by atoms with E-state index in [4.69, 9.17) is 10.00 Å². The van der Waals surface area contributed by atoms with E-state index in [9.17, 15) is 4.79 Å². The van der Waals surface area contributed by atoms with Crippen LogP contribution in [0.5, 0.6) is 5.75 Å². The first-order valence-corrected chi connectivity index (χ1v) is 5.17. The largest absolute Gasteiger partial charge is 0.497 e. The minimum absolute atomic E-state index is 0.00611. The van der Waals surface area contributed by atoms with Gasteiger partial charge >= 0.3 is 0 Å². The van der Waals surface area contributed by atoms with Crippen molar-refractivity contribution in [2.75, 3.05) is 7.11 Å². The number of nitrogens with zero attached hydrogens (tertiary/aromatic N) is 1. The van der Waals surface area contributed by atoms with Gasteiger partial charge in [0.15, 0.2) is 0 Å². The third kappa shape index (κ3) is 3.39. The number of benzene rings is 1. The molecule has 1 aromatic carbocycles. The molecule has 0 fully saturated rings. The van der Waals surface area contributed by atoms with E-state index in [-0.39, 0.29) is 11.7 Å². The molecule has 1 rings (SSSR count). The Labute approximate surface area is 95.7 Å². The number of ketones is 1. The molecule has 0 amide bonds. The molecule has 0 aliphatic heterocycles. The van der Waals surface area contributed by atoms with Gasteiger partial charge in [-0.25, -0.2) is 0 Å². The van der Waals surface area contributed by atoms with Crippen molar-refractivity contribution in [1.82, 2.24) is 0 Å². The second-order valence-corrected chi connectivity index (χ2v) is 3.74. The van der Waals surface area contributed by atoms with Crippen molar-refractivity contribution in [3.8, 4) is 11.8 Å². The molecule has 3 heteroatoms. The van der Waals surface area contributed by atoms with Gasteiger partial charge in [-0.2, -0.15) is 5.26 Å². The Kier molecular flexibility index (Phi) is 4.53. The zero-order valence-corrected chi connectivity index (χ0v) is 9.56. The first-order chi connectivity index (χ1) is 7.67. The Morgan fingerprint density at radius 1 is 1.44 bits per heavy atom. The summed E-state index contributed by atoms with van der Waals surface area (Å²) in [4.78, 5) is 11.1. The molecule has 0 heterocycles. The third-order valence-corrected chi connectivity index (χ3v) is 2.46. The van der Waals surface area contributed by atoms with Crippen LogP contribution in [0.15, 0.2) is 24.3 Å². The maximum absolute atomic E-state index is 11.1. The number of hydrogen-bond donors (Lipinski definition) is 0. The monoisotopic (exact) mass is 217 g/mol. The maximum Gasteiger partial charge on any atom is 0.130 e. The molecular weight excluding hydrogens is 202 g/mol. The molecule has 16 heavy (non-hydrogen) atoms. The summed E-state index contributed by atoms with van der Waals surface area (Å²) in [7, 11) is 1.61. The van der Waals surface area contributed by atoms with Gasteiger partial charge in [-0.05, 0) is 24.6 Å². The quantitative estimate of drug-likeness (QED) is 0.761. The minimum atomic E-state index is -0.00611. The van der Waals surface area contributed by atoms with Gasteiger partial charge in [0.25, 0.3) is 0 Å². The van der Waals surface area contributed by atoms with Crippen molar-refractivity contribution in [2.45, 2.75) is 25.7 Å². The van der Waals surface area contributed by atoms with Gasteiger partial charge in [-0.3, -0.25) is 0 Å². The lowest BCUT2D eigenvalue weighted by atomic mass is 9.91. The molecule has 84 valence electrons. The van der Waals surface area contributed by atoms with E-state index in [1.165, 1.54) is 0 Å². The summed E-state index contributed by atoms with van der Waals surface area (Å²) in [5, 5.41) is 8.73. The highest BCUT2D eigenvalue weighted by molar-refractivity contribution is 5.76. The topological polar surface area (TPSA) is 50.1 Å². The second-order valence-electron chi connectivity index (χ2n) is 3.74. The second kappa shape index (κ2) is 5.92. The van der Waals surface area contributed by atoms with Crippen LogP contribution in [0.4, 0.5) is 0 Å². The summed E-state index contributed by atoms with van der Waals surface area (Å²) in [5.74, 6) is 0.881. The Morgan fingerprint density at radius 2 is 2.06 bits per heavy atom. The molecule has 0 radical (unpaired) electrons. The van der Waals surface area contributed by atoms with Crippen LogP contribution in [0.2, 0.25) is 0 Å². The summed E-state index contributed by atoms with van der Waals surface area (Å²) in [6, 6.07) is 9.62. The molecule has 0 aliphatic rings. The van der Waals surface area contributed by atoms with Crippen molar-refractivity contribution in [1.29, 1.82) is 5.26 Å². The van der Waals surface area contributed by atoms with Crippen LogP contribution >= 0.6 is 0 Å². The number of rotatable bonds is 5. The van der Waals surface area contributed by atoms with Crippen LogP contribution < -0.4 is 4.74 Å². The standard InChI is InChI=1S/C13H15NO2/c1-10(15)9-12(7-8-14)11-3-5-13(16-2)6-4-11/h3-6,12H,7,9H2,1-2H3. The van der Waals surface area contributed by atoms with Crippen LogP contribution in [-0.4, -0.2) is 12.9 Å². The van der Waals surface area contributed by atoms with Gasteiger partial charge in [-0.1, -0.05) is 12.1 Å². The summed E-state index contributed by atoms with van der Waals surface area (Å²) in [6.45, 7) is 1.55. The molecule has 0 saturated heterocycles. The minimum Gasteiger partial charge on any atom is -0.497 e. The van der Waals surface area contributed by atoms with E-state index in [0.717, 1.165) is 11.3 Å². The molecule has 0 bridgehead atoms. The molecule has 1 atom stereocenters. The molecule has 1 unspecified atom stereocenters. The number of Topliss-reactive ketones (excluding diaryl/α,β-unsaturated/α-hetero) is 1. The molecule has 0 spiro atoms. The Bertz CT molecular complexity index is 389. The Balaban J connectivity index is 2.84. The summed E-state index contributed by atoms with van der Waals surface area (Å²) in [5.41, 5.74) is 1.01. The highest BCUT2D eigenvalue weighted by Gasteiger charge is 2.13. The van der Waals surface area contributed by atoms with Crippen molar-refractivity contribution >= 4 is 5.78 Å². The highest BCUT2D eigenvalue weighted by Crippen LogP contribution is 2.25. The van der Waals surface area contributed by atoms with E-state index in [0.29, 0.717) is 12.8 Å². The average Bonchev–Trinajstić information content (AvgIpc) is 2.28. The highest BCUT2D eigenvalue weighted by atomic mass is 16.5. The van der Waals surface area contributed by atoms with Gasteiger partial charge in [-0.15, -0.1) is 0 Å². The van der Waals surface area contributed by atoms with E-state index in [1.54, 1.807) is 14.0 Å². The predicted molar refractivity (Wildman–Crippen MR) is 61.3 cm³/mol. The van der Waals surface area contributed by atoms with Crippen molar-refractivity contribution in [3.05, 3.63) is 29.8 Å². The Morgan fingerprint density at radius 3 is 2.50 bits per heavy atom. The fourth-order valence-electron chi connectivity index (χ4n) is 1.64. The lowest BCUT2D eigenvalue weighted by Gasteiger charge is -2.12. The summed E-state index contributed by atoms with van der Waals surface area (Å²) in [6.07, 6.45) is 0.784. The first-order valence-electron chi connectivity index (χ1n) is 5.17. The number of carbonyl (C=O) groups excluding carboxylic acids is 1. The number of carbonyl (C=O) groups is 1. The van der Waals surface area contributed by atoms with Crippen LogP contribution in [-0.2, 0) is 4.79 Å². The normalized spacial score (nSPS) is 11.6. The molecule has 0 N–H and O–H groups in total. The smallest absolute Gasteiger partial charge is 0.130 e. The van der Waals surface area contributed by atoms with Crippen LogP contribution in [0, 0.1) is 11.3 Å². The summed E-state index contributed by atoms with van der Waals surface area (Å²) >= 11 is 0. The van der Waals surface area contributed by atoms with Crippen LogP contribution in [0.25, 0.3) is 0 Å². The van der Waals surface area contributed by atoms with Crippen LogP contribution in [0.1, 0.15) is 31.2 Å². The van der Waals surface area contributed by atoms with Gasteiger partial charge in [0, 0.05) is 18.8 Å². The number of hydrogen-bond acceptors (Lipinski definition) is 3. The number of ether oxygens (including phenoxy) is 1. The predicted octanol–water partition coefficient (Wildman–Crippen LogP) is 2.67. The Hall–Kier alpha value is -1.82. The first kappa shape index (κ1) is 12.3. The zero-order chi connectivity index (χ0) is 12.0. The number of methoxy groups -OCH3 is 1. The molecule has 1 aromatic rings. The fourth-order valence-corrected chi connectivity index (χ4v) is 1.64. The van der Waals surface area contributed by atoms with E-state index in [1.807, 2.05) is 24.3 Å². The summed E-state index contributed by atoms with van der Waals surface area (Å²) < 4.78 is 5.06. The third-order valence-electron chi connectivity index (χ3n) is 2.46. The zero-order valence-electron chi connectivity index (χ0n) is 9.56. The molecular formula is C13H15NO2. The average molecular weight is 217 g/mol. The lowest BCUT2D eigenvalue weighted by Crippen LogP contribution is -2.03. The molecule has 0 aromatic heterocycles. The van der Waals surface area contributed by atoms with Crippen LogP contribution in [0.3, 0.4) is 0 Å². The fraction of sp³-hybridized carbons (Fsp3) is 0.385.